The van der Waals surface area contributed by atoms with Crippen molar-refractivity contribution in [3.63, 3.8) is 0 Å². The molecule has 3 aromatic carbocycles. The Morgan fingerprint density at radius 1 is 1.00 bits per heavy atom. The lowest BCUT2D eigenvalue weighted by Gasteiger charge is -2.20. The summed E-state index contributed by atoms with van der Waals surface area (Å²) in [4.78, 5) is 24.7. The summed E-state index contributed by atoms with van der Waals surface area (Å²) in [5.41, 5.74) is 1.70. The average Bonchev–Trinajstić information content (AvgIpc) is 2.86. The number of amides is 3. The number of nitrogens with one attached hydrogen (secondary N) is 2. The molecule has 0 aromatic heterocycles. The van der Waals surface area contributed by atoms with Gasteiger partial charge in [0.25, 0.3) is 5.91 Å². The molecule has 0 aliphatic rings. The fraction of sp³-hybridized carbons (Fsp3) is 0.200. The van der Waals surface area contributed by atoms with E-state index in [0.717, 1.165) is 23.2 Å². The first kappa shape index (κ1) is 29.5. The van der Waals surface area contributed by atoms with Crippen LogP contribution in [0.4, 0.5) is 26.7 Å². The Labute approximate surface area is 229 Å². The lowest BCUT2D eigenvalue weighted by molar-refractivity contribution is -0.139. The molecule has 202 valence electrons. The first-order chi connectivity index (χ1) is 17.8. The first-order valence-corrected chi connectivity index (χ1v) is 12.0. The normalized spacial score (nSPS) is 12.8. The fourth-order valence-electron chi connectivity index (χ4n) is 3.61. The summed E-state index contributed by atoms with van der Waals surface area (Å²) >= 11 is 17.6. The van der Waals surface area contributed by atoms with E-state index in [1.165, 1.54) is 31.3 Å². The average molecular weight is 595 g/mol. The highest BCUT2D eigenvalue weighted by molar-refractivity contribution is 6.48. The molecule has 0 heterocycles. The Morgan fingerprint density at radius 3 is 2.11 bits per heavy atom. The Morgan fingerprint density at radius 2 is 1.55 bits per heavy atom. The molecule has 0 aliphatic heterocycles. The molecule has 0 saturated heterocycles. The Bertz CT molecular complexity index is 1380. The summed E-state index contributed by atoms with van der Waals surface area (Å²) in [7, 11) is 1.23. The Hall–Kier alpha value is -3.08. The Kier molecular flexibility index (Phi) is 9.45. The zero-order chi connectivity index (χ0) is 28.2. The monoisotopic (exact) mass is 593 g/mol. The number of rotatable bonds is 6. The van der Waals surface area contributed by atoms with Crippen molar-refractivity contribution in [2.24, 2.45) is 0 Å². The van der Waals surface area contributed by atoms with E-state index in [0.29, 0.717) is 6.08 Å². The number of carbonyl (C=O) groups is 2. The van der Waals surface area contributed by atoms with Crippen molar-refractivity contribution in [2.75, 3.05) is 20.3 Å². The third-order valence-electron chi connectivity index (χ3n) is 5.40. The van der Waals surface area contributed by atoms with Gasteiger partial charge in [0.1, 0.15) is 18.4 Å². The molecule has 5 nitrogen and oxygen atoms in total. The van der Waals surface area contributed by atoms with Gasteiger partial charge in [0.15, 0.2) is 0 Å². The number of nitrogens with zero attached hydrogens (tertiary/aromatic N) is 1. The minimum Gasteiger partial charge on any atom is -0.334 e. The van der Waals surface area contributed by atoms with Crippen LogP contribution in [0, 0.1) is 0 Å². The van der Waals surface area contributed by atoms with Crippen LogP contribution < -0.4 is 10.7 Å². The molecule has 3 amide bonds. The van der Waals surface area contributed by atoms with Crippen LogP contribution in [0.25, 0.3) is 16.6 Å². The van der Waals surface area contributed by atoms with Crippen LogP contribution in [0.5, 0.6) is 0 Å². The third kappa shape index (κ3) is 6.67. The minimum atomic E-state index is -4.90. The van der Waals surface area contributed by atoms with E-state index in [2.05, 4.69) is 10.7 Å². The maximum Gasteiger partial charge on any atom is 0.399 e. The second-order valence-electron chi connectivity index (χ2n) is 7.96. The van der Waals surface area contributed by atoms with Gasteiger partial charge in [0.05, 0.1) is 15.1 Å². The van der Waals surface area contributed by atoms with E-state index in [9.17, 15) is 27.2 Å². The second-order valence-corrected chi connectivity index (χ2v) is 9.15. The summed E-state index contributed by atoms with van der Waals surface area (Å²) in [5.74, 6) is -4.37. The maximum atomic E-state index is 15.5. The van der Waals surface area contributed by atoms with E-state index in [-0.39, 0.29) is 43.5 Å². The van der Waals surface area contributed by atoms with Gasteiger partial charge in [0.2, 0.25) is 0 Å². The molecule has 0 saturated carbocycles. The fourth-order valence-corrected chi connectivity index (χ4v) is 4.22. The molecular weight excluding hydrogens is 576 g/mol. The number of benzene rings is 3. The molecule has 0 spiro atoms. The number of carbonyl (C=O) groups excluding carboxylic acids is 2. The van der Waals surface area contributed by atoms with Crippen LogP contribution in [0.15, 0.2) is 54.6 Å². The number of hydrogen-bond acceptors (Lipinski definition) is 2. The van der Waals surface area contributed by atoms with Crippen LogP contribution in [0.1, 0.15) is 27.4 Å². The molecule has 1 atom stereocenters. The molecule has 0 fully saturated rings. The quantitative estimate of drug-likeness (QED) is 0.174. The number of fused-ring (bicyclic) bond motifs is 1. The predicted molar refractivity (Wildman–Crippen MR) is 138 cm³/mol. The SMILES string of the molecule is CN(NC(=O)c1ccc(/C(F)=C/C(c2cc(Cl)c(Cl)c(Cl)c2)C(F)(F)F)c2ccccc12)C(=O)NCCF. The van der Waals surface area contributed by atoms with Crippen molar-refractivity contribution in [1.82, 2.24) is 15.8 Å². The molecule has 0 aliphatic carbocycles. The van der Waals surface area contributed by atoms with Gasteiger partial charge in [-0.05, 0) is 40.6 Å². The molecule has 1 unspecified atom stereocenters. The molecular formula is C25H19Cl3F5N3O2. The summed E-state index contributed by atoms with van der Waals surface area (Å²) in [6, 6.07) is 9.51. The second kappa shape index (κ2) is 12.2. The van der Waals surface area contributed by atoms with Gasteiger partial charge in [-0.2, -0.15) is 13.2 Å². The largest absolute Gasteiger partial charge is 0.399 e. The summed E-state index contributed by atoms with van der Waals surface area (Å²) < 4.78 is 69.6. The van der Waals surface area contributed by atoms with Gasteiger partial charge in [-0.15, -0.1) is 0 Å². The number of hydrogen-bond donors (Lipinski definition) is 2. The van der Waals surface area contributed by atoms with E-state index >= 15 is 4.39 Å². The van der Waals surface area contributed by atoms with Crippen molar-refractivity contribution >= 4 is 63.3 Å². The van der Waals surface area contributed by atoms with Crippen molar-refractivity contribution in [2.45, 2.75) is 12.1 Å². The zero-order valence-corrected chi connectivity index (χ0v) is 21.7. The van der Waals surface area contributed by atoms with Gasteiger partial charge in [-0.3, -0.25) is 10.2 Å². The molecule has 38 heavy (non-hydrogen) atoms. The third-order valence-corrected chi connectivity index (χ3v) is 6.60. The number of allylic oxidation sites excluding steroid dienone is 1. The van der Waals surface area contributed by atoms with Gasteiger partial charge in [0, 0.05) is 24.7 Å². The molecule has 0 bridgehead atoms. The molecule has 0 radical (unpaired) electrons. The van der Waals surface area contributed by atoms with Crippen molar-refractivity contribution in [3.8, 4) is 0 Å². The Balaban J connectivity index is 2.02. The van der Waals surface area contributed by atoms with Crippen LogP contribution in [0.2, 0.25) is 15.1 Å². The highest BCUT2D eigenvalue weighted by atomic mass is 35.5. The van der Waals surface area contributed by atoms with E-state index in [1.807, 2.05) is 0 Å². The van der Waals surface area contributed by atoms with Crippen molar-refractivity contribution in [3.05, 3.63) is 86.4 Å². The lowest BCUT2D eigenvalue weighted by atomic mass is 9.94. The molecule has 2 N–H and O–H groups in total. The number of hydrazine groups is 1. The van der Waals surface area contributed by atoms with Crippen LogP contribution in [-0.2, 0) is 0 Å². The maximum absolute atomic E-state index is 15.5. The van der Waals surface area contributed by atoms with Gasteiger partial charge < -0.3 is 5.32 Å². The summed E-state index contributed by atoms with van der Waals surface area (Å²) in [6.07, 6.45) is -4.51. The topological polar surface area (TPSA) is 61.4 Å². The van der Waals surface area contributed by atoms with Crippen LogP contribution in [0.3, 0.4) is 0 Å². The van der Waals surface area contributed by atoms with Gasteiger partial charge in [-0.25, -0.2) is 18.6 Å². The highest BCUT2D eigenvalue weighted by Gasteiger charge is 2.40. The molecule has 3 rings (SSSR count). The number of urea groups is 1. The van der Waals surface area contributed by atoms with Crippen molar-refractivity contribution < 1.29 is 31.5 Å². The van der Waals surface area contributed by atoms with E-state index in [4.69, 9.17) is 34.8 Å². The highest BCUT2D eigenvalue weighted by Crippen LogP contribution is 2.42. The predicted octanol–water partition coefficient (Wildman–Crippen LogP) is 7.71. The zero-order valence-electron chi connectivity index (χ0n) is 19.5. The molecule has 3 aromatic rings. The van der Waals surface area contributed by atoms with Crippen LogP contribution in [-0.4, -0.2) is 43.4 Å². The number of alkyl halides is 4. The van der Waals surface area contributed by atoms with Crippen LogP contribution >= 0.6 is 34.8 Å². The van der Waals surface area contributed by atoms with E-state index < -0.39 is 42.1 Å². The summed E-state index contributed by atoms with van der Waals surface area (Å²) in [5, 5.41) is 2.82. The first-order valence-electron chi connectivity index (χ1n) is 10.8. The molecule has 13 heteroatoms. The number of halogens is 8. The standard InChI is InChI=1S/C25H19Cl3F5N3O2/c1-36(24(38)34-9-8-29)35-23(37)17-7-6-16(14-4-2-3-5-15(14)17)21(30)12-18(25(31,32)33)13-10-19(26)22(28)20(27)11-13/h2-7,10-12,18H,8-9H2,1H3,(H,34,38)(H,35,37)/b21-12-. The van der Waals surface area contributed by atoms with Gasteiger partial charge in [-0.1, -0.05) is 65.1 Å². The van der Waals surface area contributed by atoms with E-state index in [1.54, 1.807) is 6.07 Å². The van der Waals surface area contributed by atoms with Gasteiger partial charge >= 0.3 is 12.2 Å². The summed E-state index contributed by atoms with van der Waals surface area (Å²) in [6.45, 7) is -1.05. The smallest absolute Gasteiger partial charge is 0.334 e. The van der Waals surface area contributed by atoms with Crippen molar-refractivity contribution in [1.29, 1.82) is 0 Å². The lowest BCUT2D eigenvalue weighted by Crippen LogP contribution is -2.48. The minimum absolute atomic E-state index is 0.0194.